The van der Waals surface area contributed by atoms with Gasteiger partial charge in [0.1, 0.15) is 18.1 Å². The van der Waals surface area contributed by atoms with Gasteiger partial charge in [0, 0.05) is 49.7 Å². The molecule has 0 unspecified atom stereocenters. The Morgan fingerprint density at radius 1 is 1.14 bits per heavy atom. The van der Waals surface area contributed by atoms with E-state index in [2.05, 4.69) is 15.3 Å². The number of halogens is 5. The number of aryl methyl sites for hydroxylation is 1. The molecule has 2 aliphatic heterocycles. The molecule has 5 rings (SSSR count). The summed E-state index contributed by atoms with van der Waals surface area (Å²) in [6, 6.07) is 3.08. The van der Waals surface area contributed by atoms with Crippen molar-refractivity contribution in [3.05, 3.63) is 51.6 Å². The van der Waals surface area contributed by atoms with Gasteiger partial charge in [0.15, 0.2) is 0 Å². The van der Waals surface area contributed by atoms with Crippen LogP contribution in [0.2, 0.25) is 5.02 Å². The molecule has 0 bridgehead atoms. The van der Waals surface area contributed by atoms with Crippen molar-refractivity contribution in [3.63, 3.8) is 0 Å². The Hall–Kier alpha value is -2.17. The van der Waals surface area contributed by atoms with Gasteiger partial charge >= 0.3 is 6.18 Å². The second kappa shape index (κ2) is 9.37. The molecular weight excluding hydrogens is 486 g/mol. The standard InChI is InChI=1S/C24H28ClF4N5O/c1-14-10-16(26)11-17(22(14)25)23-19(32-8-5-30-6-9-32)4-7-33(23)21(35)13-34-20(24(27,28)29)12-18(31-34)15-2-3-15/h10-12,15,19,23,30H,2-9,13H2,1H3/t19-,23-/m1/s1. The molecule has 0 spiro atoms. The number of carbonyl (C=O) groups is 1. The number of rotatable bonds is 5. The van der Waals surface area contributed by atoms with E-state index in [1.165, 1.54) is 12.1 Å². The number of hydrogen-bond donors (Lipinski definition) is 1. The summed E-state index contributed by atoms with van der Waals surface area (Å²) in [6.45, 7) is 4.63. The Morgan fingerprint density at radius 2 is 1.86 bits per heavy atom. The van der Waals surface area contributed by atoms with E-state index < -0.39 is 36.2 Å². The van der Waals surface area contributed by atoms with E-state index in [1.54, 1.807) is 11.8 Å². The molecule has 3 aliphatic rings. The number of benzene rings is 1. The molecule has 190 valence electrons. The molecule has 1 aromatic carbocycles. The van der Waals surface area contributed by atoms with Gasteiger partial charge in [-0.1, -0.05) is 11.6 Å². The quantitative estimate of drug-likeness (QED) is 0.611. The molecule has 1 N–H and O–H groups in total. The molecule has 2 atom stereocenters. The lowest BCUT2D eigenvalue weighted by molar-refractivity contribution is -0.146. The number of carbonyl (C=O) groups excluding carboxylic acids is 1. The number of nitrogens with zero attached hydrogens (tertiary/aromatic N) is 4. The SMILES string of the molecule is Cc1cc(F)cc([C@@H]2[C@H](N3CCNCC3)CCN2C(=O)Cn2nc(C3CC3)cc2C(F)(F)F)c1Cl. The lowest BCUT2D eigenvalue weighted by Gasteiger charge is -2.38. The van der Waals surface area contributed by atoms with Crippen LogP contribution in [0.15, 0.2) is 18.2 Å². The first kappa shape index (κ1) is 24.5. The lowest BCUT2D eigenvalue weighted by atomic mass is 9.96. The van der Waals surface area contributed by atoms with Gasteiger partial charge in [0.05, 0.1) is 11.7 Å². The highest BCUT2D eigenvalue weighted by atomic mass is 35.5. The van der Waals surface area contributed by atoms with E-state index in [1.807, 2.05) is 0 Å². The van der Waals surface area contributed by atoms with Crippen LogP contribution in [0.25, 0.3) is 0 Å². The van der Waals surface area contributed by atoms with Crippen LogP contribution in [-0.4, -0.2) is 64.3 Å². The first-order valence-corrected chi connectivity index (χ1v) is 12.4. The maximum Gasteiger partial charge on any atom is 0.433 e. The summed E-state index contributed by atoms with van der Waals surface area (Å²) >= 11 is 6.61. The number of likely N-dealkylation sites (tertiary alicyclic amines) is 1. The van der Waals surface area contributed by atoms with Gasteiger partial charge < -0.3 is 10.2 Å². The van der Waals surface area contributed by atoms with E-state index in [0.717, 1.165) is 49.8 Å². The van der Waals surface area contributed by atoms with Crippen LogP contribution in [0.1, 0.15) is 53.7 Å². The first-order valence-electron chi connectivity index (χ1n) is 12.0. The molecule has 6 nitrogen and oxygen atoms in total. The van der Waals surface area contributed by atoms with Crippen molar-refractivity contribution in [1.29, 1.82) is 0 Å². The lowest BCUT2D eigenvalue weighted by Crippen LogP contribution is -2.50. The molecular formula is C24H28ClF4N5O. The van der Waals surface area contributed by atoms with E-state index in [0.29, 0.717) is 34.8 Å². The molecule has 1 aromatic heterocycles. The number of amides is 1. The first-order chi connectivity index (χ1) is 16.6. The minimum Gasteiger partial charge on any atom is -0.332 e. The smallest absolute Gasteiger partial charge is 0.332 e. The number of piperazine rings is 1. The summed E-state index contributed by atoms with van der Waals surface area (Å²) in [5.74, 6) is -0.916. The number of nitrogens with one attached hydrogen (secondary N) is 1. The van der Waals surface area contributed by atoms with Crippen LogP contribution >= 0.6 is 11.6 Å². The molecule has 0 radical (unpaired) electrons. The average Bonchev–Trinajstić information content (AvgIpc) is 3.41. The van der Waals surface area contributed by atoms with Gasteiger partial charge in [-0.05, 0) is 55.5 Å². The largest absolute Gasteiger partial charge is 0.433 e. The van der Waals surface area contributed by atoms with Gasteiger partial charge in [-0.25, -0.2) is 4.39 Å². The van der Waals surface area contributed by atoms with Crippen LogP contribution < -0.4 is 5.32 Å². The maximum atomic E-state index is 14.4. The average molecular weight is 514 g/mol. The third-order valence-corrected chi connectivity index (χ3v) is 7.76. The van der Waals surface area contributed by atoms with Crippen LogP contribution in [0.3, 0.4) is 0 Å². The van der Waals surface area contributed by atoms with Crippen LogP contribution in [0.4, 0.5) is 17.6 Å². The van der Waals surface area contributed by atoms with Crippen LogP contribution in [-0.2, 0) is 17.5 Å². The van der Waals surface area contributed by atoms with Crippen molar-refractivity contribution in [2.75, 3.05) is 32.7 Å². The minimum absolute atomic E-state index is 0.0261. The van der Waals surface area contributed by atoms with E-state index in [-0.39, 0.29) is 12.0 Å². The Morgan fingerprint density at radius 3 is 2.51 bits per heavy atom. The van der Waals surface area contributed by atoms with Gasteiger partial charge in [0.2, 0.25) is 5.91 Å². The summed E-state index contributed by atoms with van der Waals surface area (Å²) in [5.41, 5.74) is 0.515. The van der Waals surface area contributed by atoms with Gasteiger partial charge in [-0.15, -0.1) is 0 Å². The van der Waals surface area contributed by atoms with Crippen LogP contribution in [0, 0.1) is 12.7 Å². The third kappa shape index (κ3) is 4.93. The third-order valence-electron chi connectivity index (χ3n) is 7.24. The molecule has 35 heavy (non-hydrogen) atoms. The summed E-state index contributed by atoms with van der Waals surface area (Å²) in [7, 11) is 0. The van der Waals surface area contributed by atoms with E-state index in [4.69, 9.17) is 11.6 Å². The fourth-order valence-corrected chi connectivity index (χ4v) is 5.60. The number of alkyl halides is 3. The highest BCUT2D eigenvalue weighted by Crippen LogP contribution is 2.43. The second-order valence-electron chi connectivity index (χ2n) is 9.68. The maximum absolute atomic E-state index is 14.4. The van der Waals surface area contributed by atoms with E-state index >= 15 is 0 Å². The normalized spacial score (nSPS) is 23.8. The van der Waals surface area contributed by atoms with Crippen molar-refractivity contribution in [1.82, 2.24) is 24.9 Å². The van der Waals surface area contributed by atoms with Gasteiger partial charge in [-0.3, -0.25) is 14.4 Å². The zero-order valence-electron chi connectivity index (χ0n) is 19.4. The van der Waals surface area contributed by atoms with Crippen molar-refractivity contribution in [3.8, 4) is 0 Å². The molecule has 2 aromatic rings. The summed E-state index contributed by atoms with van der Waals surface area (Å²) in [4.78, 5) is 17.3. The van der Waals surface area contributed by atoms with Crippen molar-refractivity contribution >= 4 is 17.5 Å². The number of aromatic nitrogens is 2. The summed E-state index contributed by atoms with van der Waals surface area (Å²) in [5, 5.41) is 7.82. The predicted octanol–water partition coefficient (Wildman–Crippen LogP) is 4.13. The fourth-order valence-electron chi connectivity index (χ4n) is 5.38. The molecule has 2 saturated heterocycles. The van der Waals surface area contributed by atoms with Crippen molar-refractivity contribution in [2.45, 2.75) is 56.9 Å². The topological polar surface area (TPSA) is 53.4 Å². The second-order valence-corrected chi connectivity index (χ2v) is 10.1. The highest BCUT2D eigenvalue weighted by Gasteiger charge is 2.44. The summed E-state index contributed by atoms with van der Waals surface area (Å²) < 4.78 is 56.3. The fraction of sp³-hybridized carbons (Fsp3) is 0.583. The molecule has 11 heteroatoms. The zero-order valence-corrected chi connectivity index (χ0v) is 20.2. The molecule has 3 fully saturated rings. The Balaban J connectivity index is 1.48. The summed E-state index contributed by atoms with van der Waals surface area (Å²) in [6.07, 6.45) is -2.38. The van der Waals surface area contributed by atoms with E-state index in [9.17, 15) is 22.4 Å². The van der Waals surface area contributed by atoms with Crippen molar-refractivity contribution in [2.24, 2.45) is 0 Å². The zero-order chi connectivity index (χ0) is 24.9. The molecule has 1 amide bonds. The predicted molar refractivity (Wildman–Crippen MR) is 123 cm³/mol. The van der Waals surface area contributed by atoms with Gasteiger partial charge in [-0.2, -0.15) is 18.3 Å². The Labute approximate surface area is 206 Å². The Bertz CT molecular complexity index is 1110. The molecule has 1 saturated carbocycles. The van der Waals surface area contributed by atoms with Crippen molar-refractivity contribution < 1.29 is 22.4 Å². The Kier molecular flexibility index (Phi) is 6.56. The highest BCUT2D eigenvalue weighted by molar-refractivity contribution is 6.32. The van der Waals surface area contributed by atoms with Crippen LogP contribution in [0.5, 0.6) is 0 Å². The monoisotopic (exact) mass is 513 g/mol. The minimum atomic E-state index is -4.61. The molecule has 1 aliphatic carbocycles. The number of hydrogen-bond acceptors (Lipinski definition) is 4. The van der Waals surface area contributed by atoms with Gasteiger partial charge in [0.25, 0.3) is 0 Å². The molecule has 3 heterocycles.